The summed E-state index contributed by atoms with van der Waals surface area (Å²) in [5.41, 5.74) is 5.39. The van der Waals surface area contributed by atoms with Crippen LogP contribution in [-0.4, -0.2) is 8.42 Å². The molecule has 0 aliphatic carbocycles. The van der Waals surface area contributed by atoms with Crippen LogP contribution in [0.1, 0.15) is 0 Å². The van der Waals surface area contributed by atoms with Crippen molar-refractivity contribution in [2.24, 2.45) is 5.14 Å². The van der Waals surface area contributed by atoms with E-state index in [2.05, 4.69) is 0 Å². The summed E-state index contributed by atoms with van der Waals surface area (Å²) in [6.45, 7) is 0. The predicted octanol–water partition coefficient (Wildman–Crippen LogP) is 0.0553. The third kappa shape index (κ3) is 1.72. The highest BCUT2D eigenvalue weighted by Gasteiger charge is 2.13. The second-order valence-corrected chi connectivity index (χ2v) is 3.76. The van der Waals surface area contributed by atoms with Gasteiger partial charge in [0.25, 0.3) is 0 Å². The number of anilines is 1. The topological polar surface area (TPSA) is 86.2 Å². The first-order valence-electron chi connectivity index (χ1n) is 2.99. The van der Waals surface area contributed by atoms with E-state index in [0.29, 0.717) is 0 Å². The lowest BCUT2D eigenvalue weighted by atomic mass is 10.3. The Morgan fingerprint density at radius 2 is 1.92 bits per heavy atom. The molecule has 0 amide bonds. The van der Waals surface area contributed by atoms with Gasteiger partial charge in [-0.3, -0.25) is 0 Å². The third-order valence-electron chi connectivity index (χ3n) is 1.26. The fourth-order valence-corrected chi connectivity index (χ4v) is 1.38. The minimum atomic E-state index is -4.01. The molecule has 0 aliphatic heterocycles. The molecule has 0 atom stereocenters. The molecule has 0 saturated heterocycles. The smallest absolute Gasteiger partial charge is 0.241 e. The first-order chi connectivity index (χ1) is 5.41. The number of sulfonamides is 1. The summed E-state index contributed by atoms with van der Waals surface area (Å²) in [5, 5.41) is 4.70. The Balaban J connectivity index is 3.43. The molecule has 0 fully saturated rings. The molecule has 12 heavy (non-hydrogen) atoms. The van der Waals surface area contributed by atoms with E-state index >= 15 is 0 Å². The summed E-state index contributed by atoms with van der Waals surface area (Å²) in [6, 6.07) is 3.18. The van der Waals surface area contributed by atoms with E-state index < -0.39 is 20.7 Å². The van der Waals surface area contributed by atoms with Crippen molar-refractivity contribution in [2.75, 3.05) is 5.73 Å². The maximum atomic E-state index is 12.8. The zero-order valence-electron chi connectivity index (χ0n) is 5.99. The molecule has 0 spiro atoms. The number of rotatable bonds is 1. The lowest BCUT2D eigenvalue weighted by molar-refractivity contribution is 0.568. The second-order valence-electron chi connectivity index (χ2n) is 2.23. The van der Waals surface area contributed by atoms with Crippen molar-refractivity contribution in [1.82, 2.24) is 0 Å². The molecule has 0 bridgehead atoms. The van der Waals surface area contributed by atoms with Gasteiger partial charge < -0.3 is 5.73 Å². The summed E-state index contributed by atoms with van der Waals surface area (Å²) in [5.74, 6) is -0.897. The van der Waals surface area contributed by atoms with Crippen LogP contribution in [0.3, 0.4) is 0 Å². The van der Waals surface area contributed by atoms with Gasteiger partial charge in [-0.05, 0) is 18.2 Å². The van der Waals surface area contributed by atoms with Gasteiger partial charge in [-0.25, -0.2) is 17.9 Å². The standard InChI is InChI=1S/C6H7FN2O2S/c7-5-2-1-4(8)3-6(5)12(9,10)11/h1-3H,8H2,(H2,9,10,11). The zero-order valence-corrected chi connectivity index (χ0v) is 6.81. The molecule has 1 aromatic carbocycles. The number of halogens is 1. The van der Waals surface area contributed by atoms with Gasteiger partial charge in [-0.1, -0.05) is 0 Å². The maximum Gasteiger partial charge on any atom is 0.241 e. The van der Waals surface area contributed by atoms with E-state index in [1.54, 1.807) is 0 Å². The van der Waals surface area contributed by atoms with Gasteiger partial charge in [-0.15, -0.1) is 0 Å². The quantitative estimate of drug-likeness (QED) is 0.614. The number of primary sulfonamides is 1. The third-order valence-corrected chi connectivity index (χ3v) is 2.19. The summed E-state index contributed by atoms with van der Waals surface area (Å²) >= 11 is 0. The lowest BCUT2D eigenvalue weighted by Gasteiger charge is -2.00. The SMILES string of the molecule is Nc1ccc(F)c(S(N)(=O)=O)c1. The van der Waals surface area contributed by atoms with Gasteiger partial charge in [0.15, 0.2) is 0 Å². The molecule has 66 valence electrons. The second kappa shape index (κ2) is 2.72. The highest BCUT2D eigenvalue weighted by Crippen LogP contribution is 2.15. The van der Waals surface area contributed by atoms with Gasteiger partial charge >= 0.3 is 0 Å². The molecule has 0 aromatic heterocycles. The van der Waals surface area contributed by atoms with E-state index in [-0.39, 0.29) is 5.69 Å². The van der Waals surface area contributed by atoms with Gasteiger partial charge in [0.2, 0.25) is 10.0 Å². The Morgan fingerprint density at radius 1 is 1.33 bits per heavy atom. The summed E-state index contributed by atoms with van der Waals surface area (Å²) in [6.07, 6.45) is 0. The van der Waals surface area contributed by atoms with Crippen molar-refractivity contribution in [2.45, 2.75) is 4.90 Å². The van der Waals surface area contributed by atoms with Crippen molar-refractivity contribution in [3.8, 4) is 0 Å². The monoisotopic (exact) mass is 190 g/mol. The van der Waals surface area contributed by atoms with Crippen LogP contribution in [0, 0.1) is 5.82 Å². The molecule has 0 unspecified atom stereocenters. The lowest BCUT2D eigenvalue weighted by Crippen LogP contribution is -2.14. The highest BCUT2D eigenvalue weighted by atomic mass is 32.2. The van der Waals surface area contributed by atoms with Crippen molar-refractivity contribution in [3.05, 3.63) is 24.0 Å². The average Bonchev–Trinajstić information content (AvgIpc) is 1.92. The fourth-order valence-electron chi connectivity index (χ4n) is 0.738. The Labute approximate surface area is 69.0 Å². The molecule has 4 N–H and O–H groups in total. The summed E-state index contributed by atoms with van der Waals surface area (Å²) in [4.78, 5) is -0.581. The minimum absolute atomic E-state index is 0.153. The van der Waals surface area contributed by atoms with Crippen molar-refractivity contribution in [1.29, 1.82) is 0 Å². The number of hydrogen-bond acceptors (Lipinski definition) is 3. The molecular weight excluding hydrogens is 183 g/mol. The first-order valence-corrected chi connectivity index (χ1v) is 4.54. The number of hydrogen-bond donors (Lipinski definition) is 2. The molecule has 0 radical (unpaired) electrons. The van der Waals surface area contributed by atoms with Crippen molar-refractivity contribution >= 4 is 15.7 Å². The van der Waals surface area contributed by atoms with E-state index in [1.807, 2.05) is 0 Å². The van der Waals surface area contributed by atoms with E-state index in [4.69, 9.17) is 10.9 Å². The summed E-state index contributed by atoms with van der Waals surface area (Å²) in [7, 11) is -4.01. The van der Waals surface area contributed by atoms with Gasteiger partial charge in [0.1, 0.15) is 10.7 Å². The molecule has 0 saturated carbocycles. The Kier molecular flexibility index (Phi) is 2.03. The van der Waals surface area contributed by atoms with Crippen LogP contribution in [0.25, 0.3) is 0 Å². The van der Waals surface area contributed by atoms with Crippen molar-refractivity contribution < 1.29 is 12.8 Å². The Bertz CT molecular complexity index is 402. The zero-order chi connectivity index (χ0) is 9.35. The molecular formula is C6H7FN2O2S. The first kappa shape index (κ1) is 8.95. The summed E-state index contributed by atoms with van der Waals surface area (Å²) < 4.78 is 34.1. The van der Waals surface area contributed by atoms with Crippen LogP contribution in [-0.2, 0) is 10.0 Å². The van der Waals surface area contributed by atoms with Gasteiger partial charge in [0, 0.05) is 5.69 Å². The predicted molar refractivity (Wildman–Crippen MR) is 42.2 cm³/mol. The normalized spacial score (nSPS) is 11.5. The Hall–Kier alpha value is -1.14. The molecule has 1 aromatic rings. The Morgan fingerprint density at radius 3 is 2.33 bits per heavy atom. The molecule has 0 heterocycles. The van der Waals surface area contributed by atoms with E-state index in [0.717, 1.165) is 12.1 Å². The van der Waals surface area contributed by atoms with E-state index in [9.17, 15) is 12.8 Å². The van der Waals surface area contributed by atoms with Gasteiger partial charge in [0.05, 0.1) is 0 Å². The van der Waals surface area contributed by atoms with Crippen LogP contribution in [0.15, 0.2) is 23.1 Å². The number of nitrogen functional groups attached to an aromatic ring is 1. The minimum Gasteiger partial charge on any atom is -0.399 e. The van der Waals surface area contributed by atoms with Gasteiger partial charge in [-0.2, -0.15) is 0 Å². The van der Waals surface area contributed by atoms with Crippen LogP contribution in [0.4, 0.5) is 10.1 Å². The van der Waals surface area contributed by atoms with E-state index in [1.165, 1.54) is 6.07 Å². The largest absolute Gasteiger partial charge is 0.399 e. The number of nitrogens with two attached hydrogens (primary N) is 2. The van der Waals surface area contributed by atoms with Crippen LogP contribution in [0.2, 0.25) is 0 Å². The van der Waals surface area contributed by atoms with Crippen LogP contribution in [0.5, 0.6) is 0 Å². The fraction of sp³-hybridized carbons (Fsp3) is 0. The maximum absolute atomic E-state index is 12.8. The van der Waals surface area contributed by atoms with Crippen LogP contribution >= 0.6 is 0 Å². The molecule has 4 nitrogen and oxygen atoms in total. The molecule has 0 aliphatic rings. The van der Waals surface area contributed by atoms with Crippen molar-refractivity contribution in [3.63, 3.8) is 0 Å². The van der Waals surface area contributed by atoms with Crippen LogP contribution < -0.4 is 10.9 Å². The average molecular weight is 190 g/mol. The molecule has 6 heteroatoms. The number of benzene rings is 1. The highest BCUT2D eigenvalue weighted by molar-refractivity contribution is 7.89. The molecule has 1 rings (SSSR count).